The number of hydrogen-bond acceptors (Lipinski definition) is 4. The minimum atomic E-state index is -4.60. The summed E-state index contributed by atoms with van der Waals surface area (Å²) >= 11 is 0. The summed E-state index contributed by atoms with van der Waals surface area (Å²) in [7, 11) is -4.60. The van der Waals surface area contributed by atoms with E-state index in [1.54, 1.807) is 30.3 Å². The summed E-state index contributed by atoms with van der Waals surface area (Å²) in [5, 5.41) is 0. The van der Waals surface area contributed by atoms with Crippen LogP contribution in [-0.4, -0.2) is 18.8 Å². The molecule has 0 aliphatic carbocycles. The summed E-state index contributed by atoms with van der Waals surface area (Å²) in [5.41, 5.74) is 0.749. The predicted octanol–water partition coefficient (Wildman–Crippen LogP) is 2.10. The molecule has 0 aliphatic rings. The summed E-state index contributed by atoms with van der Waals surface area (Å²) in [4.78, 5) is 12.1. The Balaban J connectivity index is 2.32. The molecule has 5 nitrogen and oxygen atoms in total. The van der Waals surface area contributed by atoms with Crippen molar-refractivity contribution in [2.45, 2.75) is 0 Å². The normalized spacial score (nSPS) is 11.0. The van der Waals surface area contributed by atoms with E-state index in [9.17, 15) is 13.2 Å². The predicted molar refractivity (Wildman–Crippen MR) is 68.5 cm³/mol. The van der Waals surface area contributed by atoms with Gasteiger partial charge in [0.15, 0.2) is 5.78 Å². The van der Waals surface area contributed by atoms with Crippen molar-refractivity contribution in [1.29, 1.82) is 0 Å². The maximum atomic E-state index is 12.1. The zero-order chi connectivity index (χ0) is 13.9. The van der Waals surface area contributed by atoms with Gasteiger partial charge in [0.25, 0.3) is 0 Å². The second kappa shape index (κ2) is 5.21. The van der Waals surface area contributed by atoms with E-state index < -0.39 is 10.4 Å². The number of hydrogen-bond donors (Lipinski definition) is 1. The Morgan fingerprint density at radius 3 is 2.21 bits per heavy atom. The fraction of sp³-hybridized carbons (Fsp3) is 0. The van der Waals surface area contributed by atoms with Gasteiger partial charge in [0, 0.05) is 11.1 Å². The standard InChI is InChI=1S/C13H10O5S/c14-13(10-5-2-1-3-6-10)11-7-4-8-12(9-11)18-19(15,16)17/h1-9H,(H,15,16,17). The molecular weight excluding hydrogens is 268 g/mol. The average molecular weight is 278 g/mol. The summed E-state index contributed by atoms with van der Waals surface area (Å²) in [6, 6.07) is 14.1. The highest BCUT2D eigenvalue weighted by atomic mass is 32.3. The van der Waals surface area contributed by atoms with Crippen LogP contribution in [-0.2, 0) is 10.4 Å². The Morgan fingerprint density at radius 2 is 1.58 bits per heavy atom. The van der Waals surface area contributed by atoms with Crippen molar-refractivity contribution in [1.82, 2.24) is 0 Å². The molecule has 0 heterocycles. The highest BCUT2D eigenvalue weighted by molar-refractivity contribution is 7.81. The third-order valence-electron chi connectivity index (χ3n) is 2.33. The van der Waals surface area contributed by atoms with E-state index in [1.165, 1.54) is 24.3 Å². The lowest BCUT2D eigenvalue weighted by molar-refractivity contribution is 0.103. The molecule has 2 aromatic carbocycles. The molecule has 2 aromatic rings. The van der Waals surface area contributed by atoms with Crippen LogP contribution in [0.3, 0.4) is 0 Å². The molecule has 1 N–H and O–H groups in total. The first-order valence-corrected chi connectivity index (χ1v) is 6.69. The number of carbonyl (C=O) groups excluding carboxylic acids is 1. The average Bonchev–Trinajstić information content (AvgIpc) is 2.37. The van der Waals surface area contributed by atoms with Crippen LogP contribution in [0.15, 0.2) is 54.6 Å². The zero-order valence-electron chi connectivity index (χ0n) is 9.68. The SMILES string of the molecule is O=C(c1ccccc1)c1cccc(OS(=O)(=O)O)c1. The maximum absolute atomic E-state index is 12.1. The molecule has 0 bridgehead atoms. The summed E-state index contributed by atoms with van der Waals surface area (Å²) in [6.07, 6.45) is 0. The second-order valence-electron chi connectivity index (χ2n) is 3.73. The summed E-state index contributed by atoms with van der Waals surface area (Å²) in [5.74, 6) is -0.384. The van der Waals surface area contributed by atoms with E-state index >= 15 is 0 Å². The van der Waals surface area contributed by atoms with E-state index in [-0.39, 0.29) is 17.1 Å². The Morgan fingerprint density at radius 1 is 0.947 bits per heavy atom. The van der Waals surface area contributed by atoms with Crippen molar-refractivity contribution in [2.24, 2.45) is 0 Å². The molecule has 0 aromatic heterocycles. The van der Waals surface area contributed by atoms with Gasteiger partial charge in [-0.15, -0.1) is 0 Å². The van der Waals surface area contributed by atoms with Gasteiger partial charge in [0.2, 0.25) is 0 Å². The van der Waals surface area contributed by atoms with Gasteiger partial charge in [-0.2, -0.15) is 8.42 Å². The van der Waals surface area contributed by atoms with Crippen LogP contribution in [0.25, 0.3) is 0 Å². The minimum absolute atomic E-state index is 0.121. The quantitative estimate of drug-likeness (QED) is 0.684. The van der Waals surface area contributed by atoms with Crippen LogP contribution in [0.5, 0.6) is 5.75 Å². The van der Waals surface area contributed by atoms with Gasteiger partial charge in [-0.05, 0) is 12.1 Å². The third kappa shape index (κ3) is 3.64. The summed E-state index contributed by atoms with van der Waals surface area (Å²) in [6.45, 7) is 0. The smallest absolute Gasteiger partial charge is 0.362 e. The molecule has 19 heavy (non-hydrogen) atoms. The number of ketones is 1. The third-order valence-corrected chi connectivity index (χ3v) is 2.74. The van der Waals surface area contributed by atoms with Crippen LogP contribution in [0, 0.1) is 0 Å². The van der Waals surface area contributed by atoms with E-state index in [0.717, 1.165) is 0 Å². The van der Waals surface area contributed by atoms with Gasteiger partial charge in [-0.1, -0.05) is 42.5 Å². The molecule has 0 radical (unpaired) electrons. The highest BCUT2D eigenvalue weighted by Crippen LogP contribution is 2.17. The van der Waals surface area contributed by atoms with Crippen molar-refractivity contribution in [3.05, 3.63) is 65.7 Å². The van der Waals surface area contributed by atoms with Crippen molar-refractivity contribution < 1.29 is 21.9 Å². The Kier molecular flexibility index (Phi) is 3.64. The van der Waals surface area contributed by atoms with Gasteiger partial charge in [0.05, 0.1) is 0 Å². The highest BCUT2D eigenvalue weighted by Gasteiger charge is 2.12. The fourth-order valence-electron chi connectivity index (χ4n) is 1.57. The number of rotatable bonds is 4. The Hall–Kier alpha value is -2.18. The molecule has 0 spiro atoms. The molecular formula is C13H10O5S. The van der Waals surface area contributed by atoms with Crippen molar-refractivity contribution >= 4 is 16.2 Å². The molecule has 0 unspecified atom stereocenters. The first-order chi connectivity index (χ1) is 8.96. The molecule has 2 rings (SSSR count). The van der Waals surface area contributed by atoms with Gasteiger partial charge in [-0.25, -0.2) is 0 Å². The number of benzene rings is 2. The molecule has 0 aliphatic heterocycles. The van der Waals surface area contributed by atoms with E-state index in [4.69, 9.17) is 4.55 Å². The van der Waals surface area contributed by atoms with Crippen LogP contribution in [0.4, 0.5) is 0 Å². The lowest BCUT2D eigenvalue weighted by atomic mass is 10.0. The largest absolute Gasteiger partial charge is 0.446 e. The van der Waals surface area contributed by atoms with E-state index in [2.05, 4.69) is 4.18 Å². The number of carbonyl (C=O) groups is 1. The van der Waals surface area contributed by atoms with Crippen LogP contribution >= 0.6 is 0 Å². The van der Waals surface area contributed by atoms with Gasteiger partial charge < -0.3 is 4.18 Å². The molecule has 0 saturated heterocycles. The maximum Gasteiger partial charge on any atom is 0.446 e. The van der Waals surface area contributed by atoms with Gasteiger partial charge in [-0.3, -0.25) is 9.35 Å². The van der Waals surface area contributed by atoms with Crippen molar-refractivity contribution in [2.75, 3.05) is 0 Å². The molecule has 0 fully saturated rings. The topological polar surface area (TPSA) is 80.7 Å². The summed E-state index contributed by atoms with van der Waals surface area (Å²) < 4.78 is 34.1. The monoisotopic (exact) mass is 278 g/mol. The van der Waals surface area contributed by atoms with E-state index in [1.807, 2.05) is 0 Å². The molecule has 0 amide bonds. The first kappa shape index (κ1) is 13.3. The molecule has 0 atom stereocenters. The lowest BCUT2D eigenvalue weighted by Gasteiger charge is -2.04. The Bertz CT molecular complexity index is 692. The minimum Gasteiger partial charge on any atom is -0.362 e. The van der Waals surface area contributed by atoms with Crippen LogP contribution in [0.1, 0.15) is 15.9 Å². The van der Waals surface area contributed by atoms with Crippen molar-refractivity contribution in [3.8, 4) is 5.75 Å². The molecule has 98 valence electrons. The van der Waals surface area contributed by atoms with E-state index in [0.29, 0.717) is 5.56 Å². The van der Waals surface area contributed by atoms with Crippen LogP contribution in [0.2, 0.25) is 0 Å². The van der Waals surface area contributed by atoms with Gasteiger partial charge >= 0.3 is 10.4 Å². The lowest BCUT2D eigenvalue weighted by Crippen LogP contribution is -2.07. The molecule has 0 saturated carbocycles. The second-order valence-corrected chi connectivity index (χ2v) is 4.76. The first-order valence-electron chi connectivity index (χ1n) is 5.32. The fourth-order valence-corrected chi connectivity index (χ4v) is 1.91. The Labute approximate surface area is 110 Å². The van der Waals surface area contributed by atoms with Crippen LogP contribution < -0.4 is 4.18 Å². The molecule has 6 heteroatoms. The zero-order valence-corrected chi connectivity index (χ0v) is 10.5. The van der Waals surface area contributed by atoms with Crippen molar-refractivity contribution in [3.63, 3.8) is 0 Å². The van der Waals surface area contributed by atoms with Gasteiger partial charge in [0.1, 0.15) is 5.75 Å².